The van der Waals surface area contributed by atoms with Gasteiger partial charge in [0.15, 0.2) is 0 Å². The minimum Gasteiger partial charge on any atom is -0.507 e. The molecule has 0 aromatic heterocycles. The second-order valence-corrected chi connectivity index (χ2v) is 3.77. The number of aryl methyl sites for hydroxylation is 1. The zero-order valence-corrected chi connectivity index (χ0v) is 10.1. The van der Waals surface area contributed by atoms with Gasteiger partial charge in [0.2, 0.25) is 0 Å². The summed E-state index contributed by atoms with van der Waals surface area (Å²) in [5.74, 6) is 0.149. The second-order valence-electron chi connectivity index (χ2n) is 2.92. The SMILES string of the molecule is Cc1ccc(Br)c([C@H](N)CO)c1O.Cl. The summed E-state index contributed by atoms with van der Waals surface area (Å²) in [6.07, 6.45) is 0. The summed E-state index contributed by atoms with van der Waals surface area (Å²) in [7, 11) is 0. The fourth-order valence-electron chi connectivity index (χ4n) is 1.14. The van der Waals surface area contributed by atoms with Gasteiger partial charge in [0.1, 0.15) is 5.75 Å². The Kier molecular flexibility index (Phi) is 5.44. The number of hydrogen-bond acceptors (Lipinski definition) is 3. The van der Waals surface area contributed by atoms with Crippen LogP contribution >= 0.6 is 28.3 Å². The number of phenols is 1. The van der Waals surface area contributed by atoms with Crippen molar-refractivity contribution in [2.24, 2.45) is 5.73 Å². The van der Waals surface area contributed by atoms with Crippen LogP contribution in [0.1, 0.15) is 17.2 Å². The van der Waals surface area contributed by atoms with Crippen LogP contribution in [0.5, 0.6) is 5.75 Å². The van der Waals surface area contributed by atoms with Crippen LogP contribution in [0.4, 0.5) is 0 Å². The summed E-state index contributed by atoms with van der Waals surface area (Å²) in [6, 6.07) is 3.04. The van der Waals surface area contributed by atoms with Crippen molar-refractivity contribution in [2.75, 3.05) is 6.61 Å². The number of hydrogen-bond donors (Lipinski definition) is 3. The van der Waals surface area contributed by atoms with Crippen molar-refractivity contribution in [3.05, 3.63) is 27.7 Å². The molecule has 0 saturated heterocycles. The van der Waals surface area contributed by atoms with Crippen LogP contribution in [-0.4, -0.2) is 16.8 Å². The van der Waals surface area contributed by atoms with Gasteiger partial charge >= 0.3 is 0 Å². The lowest BCUT2D eigenvalue weighted by Gasteiger charge is -2.14. The number of aromatic hydroxyl groups is 1. The van der Waals surface area contributed by atoms with E-state index in [0.29, 0.717) is 5.56 Å². The first-order valence-corrected chi connectivity index (χ1v) is 4.71. The Hall–Kier alpha value is -0.290. The average Bonchev–Trinajstić information content (AvgIpc) is 2.12. The summed E-state index contributed by atoms with van der Waals surface area (Å²) in [5, 5.41) is 18.5. The fourth-order valence-corrected chi connectivity index (χ4v) is 1.75. The predicted octanol–water partition coefficient (Wildman–Crippen LogP) is 1.88. The highest BCUT2D eigenvalue weighted by atomic mass is 79.9. The predicted molar refractivity (Wildman–Crippen MR) is 61.8 cm³/mol. The zero-order valence-electron chi connectivity index (χ0n) is 7.70. The number of benzene rings is 1. The molecule has 5 heteroatoms. The van der Waals surface area contributed by atoms with Gasteiger partial charge in [-0.25, -0.2) is 0 Å². The number of halogens is 2. The lowest BCUT2D eigenvalue weighted by molar-refractivity contribution is 0.265. The third kappa shape index (κ3) is 2.60. The first-order valence-electron chi connectivity index (χ1n) is 3.92. The van der Waals surface area contributed by atoms with Gasteiger partial charge in [0.05, 0.1) is 12.6 Å². The van der Waals surface area contributed by atoms with Gasteiger partial charge in [-0.15, -0.1) is 12.4 Å². The molecule has 3 nitrogen and oxygen atoms in total. The molecule has 1 aromatic carbocycles. The normalized spacial score (nSPS) is 12.0. The number of phenolic OH excluding ortho intramolecular Hbond substituents is 1. The Balaban J connectivity index is 0.00000169. The van der Waals surface area contributed by atoms with Crippen molar-refractivity contribution in [3.63, 3.8) is 0 Å². The van der Waals surface area contributed by atoms with Crippen molar-refractivity contribution in [3.8, 4) is 5.75 Å². The molecule has 14 heavy (non-hydrogen) atoms. The van der Waals surface area contributed by atoms with E-state index in [1.54, 1.807) is 19.1 Å². The quantitative estimate of drug-likeness (QED) is 0.776. The van der Waals surface area contributed by atoms with Gasteiger partial charge < -0.3 is 15.9 Å². The Morgan fingerprint density at radius 3 is 2.57 bits per heavy atom. The van der Waals surface area contributed by atoms with Crippen LogP contribution in [0.2, 0.25) is 0 Å². The lowest BCUT2D eigenvalue weighted by atomic mass is 10.0. The van der Waals surface area contributed by atoms with E-state index < -0.39 is 6.04 Å². The van der Waals surface area contributed by atoms with Crippen molar-refractivity contribution in [1.29, 1.82) is 0 Å². The van der Waals surface area contributed by atoms with Crippen LogP contribution in [0, 0.1) is 6.92 Å². The smallest absolute Gasteiger partial charge is 0.124 e. The molecule has 0 fully saturated rings. The van der Waals surface area contributed by atoms with Crippen molar-refractivity contribution >= 4 is 28.3 Å². The van der Waals surface area contributed by atoms with Gasteiger partial charge in [0.25, 0.3) is 0 Å². The van der Waals surface area contributed by atoms with Crippen LogP contribution < -0.4 is 5.73 Å². The van der Waals surface area contributed by atoms with E-state index in [-0.39, 0.29) is 24.8 Å². The van der Waals surface area contributed by atoms with Crippen molar-refractivity contribution in [1.82, 2.24) is 0 Å². The Labute approximate surface area is 97.5 Å². The summed E-state index contributed by atoms with van der Waals surface area (Å²) < 4.78 is 0.720. The highest BCUT2D eigenvalue weighted by Gasteiger charge is 2.15. The van der Waals surface area contributed by atoms with Gasteiger partial charge in [-0.05, 0) is 18.6 Å². The summed E-state index contributed by atoms with van der Waals surface area (Å²) >= 11 is 3.27. The highest BCUT2D eigenvalue weighted by Crippen LogP contribution is 2.32. The topological polar surface area (TPSA) is 66.5 Å². The molecular weight excluding hydrogens is 269 g/mol. The molecule has 0 unspecified atom stereocenters. The standard InChI is InChI=1S/C9H12BrNO2.ClH/c1-5-2-3-6(10)8(9(5)13)7(11)4-12;/h2-3,7,12-13H,4,11H2,1H3;1H/t7-;/m1./s1. The van der Waals surface area contributed by atoms with E-state index >= 15 is 0 Å². The number of rotatable bonds is 2. The van der Waals surface area contributed by atoms with E-state index in [0.717, 1.165) is 10.0 Å². The van der Waals surface area contributed by atoms with Crippen LogP contribution in [0.25, 0.3) is 0 Å². The molecule has 1 rings (SSSR count). The first kappa shape index (κ1) is 13.7. The Morgan fingerprint density at radius 1 is 1.50 bits per heavy atom. The molecule has 80 valence electrons. The van der Waals surface area contributed by atoms with Gasteiger partial charge in [-0.1, -0.05) is 22.0 Å². The molecule has 0 saturated carbocycles. The zero-order chi connectivity index (χ0) is 10.0. The Bertz CT molecular complexity index is 320. The van der Waals surface area contributed by atoms with Gasteiger partial charge in [-0.3, -0.25) is 0 Å². The number of nitrogens with two attached hydrogens (primary N) is 1. The molecule has 0 amide bonds. The van der Waals surface area contributed by atoms with E-state index in [4.69, 9.17) is 10.8 Å². The second kappa shape index (κ2) is 5.56. The maximum atomic E-state index is 9.66. The number of aliphatic hydroxyl groups excluding tert-OH is 1. The molecule has 0 aliphatic rings. The minimum atomic E-state index is -0.547. The van der Waals surface area contributed by atoms with E-state index in [9.17, 15) is 5.11 Å². The van der Waals surface area contributed by atoms with Crippen molar-refractivity contribution < 1.29 is 10.2 Å². The monoisotopic (exact) mass is 281 g/mol. The molecule has 0 heterocycles. The summed E-state index contributed by atoms with van der Waals surface area (Å²) in [6.45, 7) is 1.60. The minimum absolute atomic E-state index is 0. The van der Waals surface area contributed by atoms with Crippen LogP contribution in [-0.2, 0) is 0 Å². The Morgan fingerprint density at radius 2 is 2.07 bits per heavy atom. The molecule has 0 aliphatic heterocycles. The first-order chi connectivity index (χ1) is 6.07. The largest absolute Gasteiger partial charge is 0.507 e. The molecule has 0 radical (unpaired) electrons. The lowest BCUT2D eigenvalue weighted by Crippen LogP contribution is -2.15. The van der Waals surface area contributed by atoms with Gasteiger partial charge in [-0.2, -0.15) is 0 Å². The summed E-state index contributed by atoms with van der Waals surface area (Å²) in [4.78, 5) is 0. The highest BCUT2D eigenvalue weighted by molar-refractivity contribution is 9.10. The van der Waals surface area contributed by atoms with E-state index in [1.807, 2.05) is 0 Å². The fraction of sp³-hybridized carbons (Fsp3) is 0.333. The van der Waals surface area contributed by atoms with Crippen LogP contribution in [0.3, 0.4) is 0 Å². The maximum Gasteiger partial charge on any atom is 0.124 e. The molecular formula is C9H13BrClNO2. The van der Waals surface area contributed by atoms with Gasteiger partial charge in [0, 0.05) is 10.0 Å². The van der Waals surface area contributed by atoms with E-state index in [2.05, 4.69) is 15.9 Å². The molecule has 0 aliphatic carbocycles. The number of aliphatic hydroxyl groups is 1. The molecule has 1 atom stereocenters. The molecule has 1 aromatic rings. The third-order valence-electron chi connectivity index (χ3n) is 1.93. The molecule has 0 spiro atoms. The third-order valence-corrected chi connectivity index (χ3v) is 2.62. The van der Waals surface area contributed by atoms with Crippen LogP contribution in [0.15, 0.2) is 16.6 Å². The average molecular weight is 283 g/mol. The molecule has 0 bridgehead atoms. The van der Waals surface area contributed by atoms with Crippen molar-refractivity contribution in [2.45, 2.75) is 13.0 Å². The summed E-state index contributed by atoms with van der Waals surface area (Å²) in [5.41, 5.74) is 6.93. The van der Waals surface area contributed by atoms with E-state index in [1.165, 1.54) is 0 Å². The maximum absolute atomic E-state index is 9.66. The molecule has 4 N–H and O–H groups in total.